The molecular formula is C30H55NO7. The summed E-state index contributed by atoms with van der Waals surface area (Å²) >= 11 is 0. The minimum Gasteiger partial charge on any atom is -0.445 e. The molecule has 8 nitrogen and oxygen atoms in total. The van der Waals surface area contributed by atoms with E-state index in [9.17, 15) is 25.2 Å². The van der Waals surface area contributed by atoms with E-state index in [1.807, 2.05) is 66.7 Å². The van der Waals surface area contributed by atoms with E-state index in [0.717, 1.165) is 12.0 Å². The first-order valence-corrected chi connectivity index (χ1v) is 14.0. The Morgan fingerprint density at radius 1 is 0.868 bits per heavy atom. The number of aliphatic hydroxyl groups is 5. The number of nitrogens with two attached hydrogens (primary N) is 1. The van der Waals surface area contributed by atoms with Crippen molar-refractivity contribution in [1.29, 1.82) is 0 Å². The first kappa shape index (κ1) is 36.3. The number of carbonyl (C=O) groups excluding carboxylic acids is 1. The van der Waals surface area contributed by atoms with E-state index in [4.69, 9.17) is 15.6 Å². The number of hydrogen-bond donors (Lipinski definition) is 6. The number of ether oxygens (including phenoxy) is 1. The third-order valence-electron chi connectivity index (χ3n) is 7.42. The van der Waals surface area contributed by atoms with Crippen molar-refractivity contribution in [2.75, 3.05) is 6.61 Å². The summed E-state index contributed by atoms with van der Waals surface area (Å²) in [7, 11) is 0. The van der Waals surface area contributed by atoms with Crippen molar-refractivity contribution in [3.8, 4) is 0 Å². The van der Waals surface area contributed by atoms with Crippen molar-refractivity contribution in [1.82, 2.24) is 0 Å². The number of amides is 1. The molecule has 0 aliphatic heterocycles. The number of primary amides is 1. The molecule has 0 aliphatic rings. The second-order valence-electron chi connectivity index (χ2n) is 11.3. The van der Waals surface area contributed by atoms with E-state index < -0.39 is 36.6 Å². The normalized spacial score (nSPS) is 21.8. The Morgan fingerprint density at radius 3 is 2.00 bits per heavy atom. The molecule has 0 saturated heterocycles. The molecule has 0 radical (unpaired) electrons. The molecule has 0 saturated carbocycles. The fourth-order valence-electron chi connectivity index (χ4n) is 4.82. The SMILES string of the molecule is CC/C=C\[C@H](C)[C@H](OC(N)=O)[C@@H](C)[C@H](O)[C@@H](C)C/C(C)=C\[C@H](C)[C@@H](O)[C@@H](C)/C=C\[C@@H](O)C[C@H](O)[C@H](C)CO. The van der Waals surface area contributed by atoms with Crippen LogP contribution >= 0.6 is 0 Å². The smallest absolute Gasteiger partial charge is 0.404 e. The molecule has 8 heteroatoms. The molecule has 0 aliphatic carbocycles. The number of carbonyl (C=O) groups is 1. The van der Waals surface area contributed by atoms with Crippen molar-refractivity contribution < 1.29 is 35.1 Å². The second kappa shape index (κ2) is 18.6. The summed E-state index contributed by atoms with van der Waals surface area (Å²) in [5.41, 5.74) is 6.33. The minimum absolute atomic E-state index is 0.0967. The molecule has 222 valence electrons. The molecule has 0 unspecified atom stereocenters. The lowest BCUT2D eigenvalue weighted by molar-refractivity contribution is -0.0266. The van der Waals surface area contributed by atoms with Crippen LogP contribution in [0.3, 0.4) is 0 Å². The van der Waals surface area contributed by atoms with E-state index in [-0.39, 0.29) is 48.5 Å². The van der Waals surface area contributed by atoms with Gasteiger partial charge in [-0.15, -0.1) is 0 Å². The lowest BCUT2D eigenvalue weighted by atomic mass is 9.81. The van der Waals surface area contributed by atoms with Crippen LogP contribution in [0.2, 0.25) is 0 Å². The highest BCUT2D eigenvalue weighted by Crippen LogP contribution is 2.29. The molecular weight excluding hydrogens is 486 g/mol. The maximum Gasteiger partial charge on any atom is 0.404 e. The zero-order valence-electron chi connectivity index (χ0n) is 24.7. The van der Waals surface area contributed by atoms with E-state index in [1.54, 1.807) is 19.1 Å². The average molecular weight is 542 g/mol. The highest BCUT2D eigenvalue weighted by Gasteiger charge is 2.33. The van der Waals surface area contributed by atoms with Crippen LogP contribution in [0.15, 0.2) is 36.0 Å². The Kier molecular flexibility index (Phi) is 17.7. The highest BCUT2D eigenvalue weighted by atomic mass is 16.6. The van der Waals surface area contributed by atoms with Crippen molar-refractivity contribution in [2.45, 2.75) is 105 Å². The van der Waals surface area contributed by atoms with Gasteiger partial charge in [-0.25, -0.2) is 4.79 Å². The summed E-state index contributed by atoms with van der Waals surface area (Å²) in [6.45, 7) is 15.1. The van der Waals surface area contributed by atoms with Gasteiger partial charge in [0, 0.05) is 42.6 Å². The maximum atomic E-state index is 11.5. The Hall–Kier alpha value is -1.71. The van der Waals surface area contributed by atoms with Gasteiger partial charge in [-0.3, -0.25) is 0 Å². The van der Waals surface area contributed by atoms with Gasteiger partial charge in [0.2, 0.25) is 0 Å². The Morgan fingerprint density at radius 2 is 1.47 bits per heavy atom. The Balaban J connectivity index is 5.16. The van der Waals surface area contributed by atoms with Gasteiger partial charge in [-0.05, 0) is 25.7 Å². The number of allylic oxidation sites excluding steroid dienone is 2. The maximum absolute atomic E-state index is 11.5. The van der Waals surface area contributed by atoms with E-state index in [0.29, 0.717) is 6.42 Å². The molecule has 11 atom stereocenters. The highest BCUT2D eigenvalue weighted by molar-refractivity contribution is 5.64. The molecule has 0 bridgehead atoms. The third kappa shape index (κ3) is 13.4. The van der Waals surface area contributed by atoms with Crippen LogP contribution in [-0.2, 0) is 4.74 Å². The molecule has 0 aromatic rings. The zero-order valence-corrected chi connectivity index (χ0v) is 24.7. The third-order valence-corrected chi connectivity index (χ3v) is 7.42. The van der Waals surface area contributed by atoms with Crippen molar-refractivity contribution >= 4 is 6.09 Å². The fraction of sp³-hybridized carbons (Fsp3) is 0.767. The van der Waals surface area contributed by atoms with Gasteiger partial charge in [0.05, 0.1) is 24.4 Å². The first-order chi connectivity index (χ1) is 17.7. The van der Waals surface area contributed by atoms with E-state index >= 15 is 0 Å². The van der Waals surface area contributed by atoms with Crippen molar-refractivity contribution in [2.24, 2.45) is 41.2 Å². The lowest BCUT2D eigenvalue weighted by Crippen LogP contribution is -2.41. The standard InChI is InChI=1S/C30H55NO7/c1-9-10-11-20(4)29(38-30(31)37)24(8)28(36)22(6)15-18(2)14-21(5)27(35)19(3)12-13-25(33)16-26(34)23(7)17-32/h10-14,19-29,32-36H,9,15-17H2,1-8H3,(H2,31,37)/b11-10-,13-12-,18-14-/t19-,20-,21-,22-,23+,24-,25+,26-,27-,28+,29-/m0/s1. The van der Waals surface area contributed by atoms with Crippen LogP contribution in [0, 0.1) is 35.5 Å². The van der Waals surface area contributed by atoms with Gasteiger partial charge >= 0.3 is 6.09 Å². The predicted molar refractivity (Wildman–Crippen MR) is 152 cm³/mol. The minimum atomic E-state index is -0.867. The molecule has 0 fully saturated rings. The quantitative estimate of drug-likeness (QED) is 0.144. The van der Waals surface area contributed by atoms with E-state index in [2.05, 4.69) is 0 Å². The molecule has 7 N–H and O–H groups in total. The summed E-state index contributed by atoms with van der Waals surface area (Å²) in [5.74, 6) is -1.27. The summed E-state index contributed by atoms with van der Waals surface area (Å²) in [4.78, 5) is 11.5. The van der Waals surface area contributed by atoms with Gasteiger partial charge in [0.25, 0.3) is 0 Å². The molecule has 0 spiro atoms. The summed E-state index contributed by atoms with van der Waals surface area (Å²) in [6.07, 6.45) is 6.38. The molecule has 0 rings (SSSR count). The number of aliphatic hydroxyl groups excluding tert-OH is 5. The first-order valence-electron chi connectivity index (χ1n) is 14.0. The Bertz CT molecular complexity index is 753. The van der Waals surface area contributed by atoms with E-state index in [1.165, 1.54) is 0 Å². The molecule has 0 heterocycles. The Labute approximate surface area is 230 Å². The number of rotatable bonds is 18. The van der Waals surface area contributed by atoms with Crippen LogP contribution in [0.4, 0.5) is 4.79 Å². The van der Waals surface area contributed by atoms with Gasteiger partial charge in [-0.1, -0.05) is 84.4 Å². The average Bonchev–Trinajstić information content (AvgIpc) is 2.86. The molecule has 38 heavy (non-hydrogen) atoms. The van der Waals surface area contributed by atoms with Gasteiger partial charge < -0.3 is 36.0 Å². The van der Waals surface area contributed by atoms with Crippen LogP contribution in [-0.4, -0.2) is 68.8 Å². The molecule has 0 aromatic carbocycles. The predicted octanol–water partition coefficient (Wildman–Crippen LogP) is 3.95. The largest absolute Gasteiger partial charge is 0.445 e. The number of hydrogen-bond acceptors (Lipinski definition) is 7. The van der Waals surface area contributed by atoms with Crippen LogP contribution in [0.5, 0.6) is 0 Å². The summed E-state index contributed by atoms with van der Waals surface area (Å²) in [5, 5.41) is 51.1. The zero-order chi connectivity index (χ0) is 29.6. The van der Waals surface area contributed by atoms with Gasteiger partial charge in [0.1, 0.15) is 6.10 Å². The second-order valence-corrected chi connectivity index (χ2v) is 11.3. The van der Waals surface area contributed by atoms with Crippen LogP contribution < -0.4 is 5.73 Å². The topological polar surface area (TPSA) is 153 Å². The summed E-state index contributed by atoms with van der Waals surface area (Å²) in [6, 6.07) is 0. The van der Waals surface area contributed by atoms with Gasteiger partial charge in [0.15, 0.2) is 0 Å². The molecule has 1 amide bonds. The van der Waals surface area contributed by atoms with Crippen molar-refractivity contribution in [3.63, 3.8) is 0 Å². The van der Waals surface area contributed by atoms with Gasteiger partial charge in [-0.2, -0.15) is 0 Å². The van der Waals surface area contributed by atoms with Crippen molar-refractivity contribution in [3.05, 3.63) is 36.0 Å². The monoisotopic (exact) mass is 541 g/mol. The van der Waals surface area contributed by atoms with Crippen LogP contribution in [0.25, 0.3) is 0 Å². The van der Waals surface area contributed by atoms with Crippen LogP contribution in [0.1, 0.15) is 74.7 Å². The molecule has 0 aromatic heterocycles. The lowest BCUT2D eigenvalue weighted by Gasteiger charge is -2.33. The summed E-state index contributed by atoms with van der Waals surface area (Å²) < 4.78 is 5.38. The fourth-order valence-corrected chi connectivity index (χ4v) is 4.82.